The molecule has 0 N–H and O–H groups in total. The molecule has 0 spiro atoms. The van der Waals surface area contributed by atoms with Crippen molar-refractivity contribution in [1.82, 2.24) is 19.5 Å². The number of fused-ring (bicyclic) bond motifs is 9. The van der Waals surface area contributed by atoms with Crippen molar-refractivity contribution in [3.8, 4) is 62.1 Å². The van der Waals surface area contributed by atoms with Gasteiger partial charge in [0.2, 0.25) is 0 Å². The lowest BCUT2D eigenvalue weighted by atomic mass is 9.97. The number of furan rings is 1. The van der Waals surface area contributed by atoms with Crippen LogP contribution in [0.2, 0.25) is 0 Å². The smallest absolute Gasteiger partial charge is 0.164 e. The second-order valence-corrected chi connectivity index (χ2v) is 17.0. The van der Waals surface area contributed by atoms with Crippen LogP contribution in [0, 0.1) is 0 Å². The van der Waals surface area contributed by atoms with Crippen LogP contribution in [0.15, 0.2) is 211 Å². The van der Waals surface area contributed by atoms with Gasteiger partial charge in [-0.2, -0.15) is 0 Å². The van der Waals surface area contributed by atoms with E-state index in [1.165, 1.54) is 42.1 Å². The number of rotatable bonds is 6. The van der Waals surface area contributed by atoms with E-state index in [9.17, 15) is 0 Å². The molecule has 9 aromatic carbocycles. The Bertz CT molecular complexity index is 3910. The quantitative estimate of drug-likeness (QED) is 0.168. The predicted molar refractivity (Wildman–Crippen MR) is 262 cm³/mol. The van der Waals surface area contributed by atoms with E-state index < -0.39 is 0 Å². The van der Waals surface area contributed by atoms with Crippen LogP contribution >= 0.6 is 11.3 Å². The highest BCUT2D eigenvalue weighted by Gasteiger charge is 2.21. The standard InChI is InChI=1S/C57H34N4OS/c1-4-15-35(16-5-1)38-28-30-48-46(31-38)41-21-10-12-24-47(41)61(48)49-25-14-23-43-42-29-27-39(33-50(42)62-54(43)49)56-58-55(37-19-8-3-9-20-37)59-57(60-56)40-32-45(36-17-6-2-7-18-36)53-44-22-11-13-26-51(44)63-52(53)34-40/h1-34H. The van der Waals surface area contributed by atoms with Gasteiger partial charge in [0, 0.05) is 58.4 Å². The van der Waals surface area contributed by atoms with Crippen LogP contribution in [0.3, 0.4) is 0 Å². The van der Waals surface area contributed by atoms with Crippen molar-refractivity contribution in [2.24, 2.45) is 0 Å². The van der Waals surface area contributed by atoms with Crippen molar-refractivity contribution in [1.29, 1.82) is 0 Å². The Morgan fingerprint density at radius 3 is 1.78 bits per heavy atom. The molecule has 0 aliphatic carbocycles. The summed E-state index contributed by atoms with van der Waals surface area (Å²) in [6.45, 7) is 0. The van der Waals surface area contributed by atoms with Crippen molar-refractivity contribution in [2.45, 2.75) is 0 Å². The maximum Gasteiger partial charge on any atom is 0.164 e. The molecule has 0 unspecified atom stereocenters. The van der Waals surface area contributed by atoms with Gasteiger partial charge in [0.1, 0.15) is 5.58 Å². The van der Waals surface area contributed by atoms with Crippen LogP contribution in [0.5, 0.6) is 0 Å². The van der Waals surface area contributed by atoms with E-state index in [2.05, 4.69) is 193 Å². The van der Waals surface area contributed by atoms with Gasteiger partial charge in [-0.05, 0) is 76.9 Å². The van der Waals surface area contributed by atoms with Gasteiger partial charge in [-0.25, -0.2) is 15.0 Å². The Morgan fingerprint density at radius 1 is 0.365 bits per heavy atom. The first kappa shape index (κ1) is 35.6. The summed E-state index contributed by atoms with van der Waals surface area (Å²) >= 11 is 1.80. The van der Waals surface area contributed by atoms with Crippen molar-refractivity contribution < 1.29 is 4.42 Å². The number of aromatic nitrogens is 4. The molecule has 13 aromatic rings. The van der Waals surface area contributed by atoms with Crippen LogP contribution in [0.25, 0.3) is 126 Å². The zero-order chi connectivity index (χ0) is 41.4. The van der Waals surface area contributed by atoms with Gasteiger partial charge in [0.15, 0.2) is 23.1 Å². The molecule has 0 radical (unpaired) electrons. The molecule has 0 fully saturated rings. The molecule has 63 heavy (non-hydrogen) atoms. The third-order valence-corrected chi connectivity index (χ3v) is 13.4. The van der Waals surface area contributed by atoms with Crippen molar-refractivity contribution in [3.05, 3.63) is 206 Å². The van der Waals surface area contributed by atoms with E-state index in [1.807, 2.05) is 18.2 Å². The molecule has 6 heteroatoms. The number of hydrogen-bond donors (Lipinski definition) is 0. The van der Waals surface area contributed by atoms with Gasteiger partial charge in [-0.15, -0.1) is 11.3 Å². The topological polar surface area (TPSA) is 56.7 Å². The third kappa shape index (κ3) is 5.80. The summed E-state index contributed by atoms with van der Waals surface area (Å²) in [5.74, 6) is 1.81. The summed E-state index contributed by atoms with van der Waals surface area (Å²) < 4.78 is 11.7. The molecule has 0 saturated carbocycles. The molecule has 0 aliphatic rings. The van der Waals surface area contributed by atoms with Gasteiger partial charge in [0.25, 0.3) is 0 Å². The molecule has 5 nitrogen and oxygen atoms in total. The van der Waals surface area contributed by atoms with E-state index in [0.717, 1.165) is 66.5 Å². The van der Waals surface area contributed by atoms with Crippen LogP contribution in [-0.2, 0) is 0 Å². The SMILES string of the molecule is c1ccc(-c2ccc3c(c2)c2ccccc2n3-c2cccc3c2oc2cc(-c4nc(-c5ccccc5)nc(-c5cc(-c6ccccc6)c6c(c5)sc5ccccc56)n4)ccc23)cc1. The monoisotopic (exact) mass is 822 g/mol. The van der Waals surface area contributed by atoms with Crippen molar-refractivity contribution in [2.75, 3.05) is 0 Å². The minimum absolute atomic E-state index is 0.579. The van der Waals surface area contributed by atoms with Gasteiger partial charge < -0.3 is 8.98 Å². The first-order valence-electron chi connectivity index (χ1n) is 21.1. The van der Waals surface area contributed by atoms with Crippen LogP contribution in [0.1, 0.15) is 0 Å². The summed E-state index contributed by atoms with van der Waals surface area (Å²) in [6.07, 6.45) is 0. The summed E-state index contributed by atoms with van der Waals surface area (Å²) in [5.41, 5.74) is 12.2. The van der Waals surface area contributed by atoms with Crippen molar-refractivity contribution in [3.63, 3.8) is 0 Å². The van der Waals surface area contributed by atoms with E-state index in [-0.39, 0.29) is 0 Å². The number of hydrogen-bond acceptors (Lipinski definition) is 5. The first-order valence-corrected chi connectivity index (χ1v) is 21.9. The Kier molecular flexibility index (Phi) is 8.01. The first-order chi connectivity index (χ1) is 31.2. The summed E-state index contributed by atoms with van der Waals surface area (Å²) in [4.78, 5) is 15.5. The zero-order valence-corrected chi connectivity index (χ0v) is 34.6. The van der Waals surface area contributed by atoms with Gasteiger partial charge in [0.05, 0.1) is 16.7 Å². The fraction of sp³-hybridized carbons (Fsp3) is 0. The van der Waals surface area contributed by atoms with E-state index in [1.54, 1.807) is 11.3 Å². The Hall–Kier alpha value is -8.19. The Balaban J connectivity index is 0.985. The number of nitrogens with zero attached hydrogens (tertiary/aromatic N) is 4. The lowest BCUT2D eigenvalue weighted by Gasteiger charge is -2.11. The number of benzene rings is 9. The van der Waals surface area contributed by atoms with Crippen LogP contribution in [0.4, 0.5) is 0 Å². The van der Waals surface area contributed by atoms with Crippen LogP contribution < -0.4 is 0 Å². The maximum absolute atomic E-state index is 6.94. The van der Waals surface area contributed by atoms with Crippen molar-refractivity contribution >= 4 is 75.3 Å². The highest BCUT2D eigenvalue weighted by atomic mass is 32.1. The molecular weight excluding hydrogens is 789 g/mol. The predicted octanol–water partition coefficient (Wildman–Crippen LogP) is 15.6. The molecule has 0 atom stereocenters. The molecule has 0 amide bonds. The maximum atomic E-state index is 6.94. The van der Waals surface area contributed by atoms with Gasteiger partial charge in [-0.1, -0.05) is 152 Å². The van der Waals surface area contributed by atoms with E-state index in [4.69, 9.17) is 19.4 Å². The lowest BCUT2D eigenvalue weighted by molar-refractivity contribution is 0.666. The van der Waals surface area contributed by atoms with Gasteiger partial charge >= 0.3 is 0 Å². The molecule has 0 aliphatic heterocycles. The molecule has 0 saturated heterocycles. The fourth-order valence-electron chi connectivity index (χ4n) is 9.32. The van der Waals surface area contributed by atoms with E-state index in [0.29, 0.717) is 17.5 Å². The van der Waals surface area contributed by atoms with E-state index >= 15 is 0 Å². The normalized spacial score (nSPS) is 11.8. The fourth-order valence-corrected chi connectivity index (χ4v) is 10.5. The number of thiophene rings is 1. The lowest BCUT2D eigenvalue weighted by Crippen LogP contribution is -2.00. The Labute approximate surface area is 365 Å². The summed E-state index contributed by atoms with van der Waals surface area (Å²) in [5, 5.41) is 6.97. The summed E-state index contributed by atoms with van der Waals surface area (Å²) in [7, 11) is 0. The molecule has 0 bridgehead atoms. The number of para-hydroxylation sites is 2. The molecule has 4 heterocycles. The Morgan fingerprint density at radius 2 is 0.984 bits per heavy atom. The third-order valence-electron chi connectivity index (χ3n) is 12.2. The molecule has 13 rings (SSSR count). The molecule has 4 aromatic heterocycles. The highest BCUT2D eigenvalue weighted by Crippen LogP contribution is 2.44. The second kappa shape index (κ2) is 14.2. The van der Waals surface area contributed by atoms with Gasteiger partial charge in [-0.3, -0.25) is 0 Å². The largest absolute Gasteiger partial charge is 0.454 e. The average Bonchev–Trinajstić information content (AvgIpc) is 4.03. The minimum Gasteiger partial charge on any atom is -0.454 e. The zero-order valence-electron chi connectivity index (χ0n) is 33.7. The van der Waals surface area contributed by atoms with Crippen LogP contribution in [-0.4, -0.2) is 19.5 Å². The average molecular weight is 823 g/mol. The minimum atomic E-state index is 0.579. The highest BCUT2D eigenvalue weighted by molar-refractivity contribution is 7.26. The summed E-state index contributed by atoms with van der Waals surface area (Å²) in [6, 6.07) is 72.6. The second-order valence-electron chi connectivity index (χ2n) is 16.0. The molecular formula is C57H34N4OS. The molecule has 294 valence electrons.